The van der Waals surface area contributed by atoms with Crippen LogP contribution in [0.4, 0.5) is 10.8 Å². The lowest BCUT2D eigenvalue weighted by molar-refractivity contribution is -0.139. The highest BCUT2D eigenvalue weighted by molar-refractivity contribution is 7.14. The Morgan fingerprint density at radius 3 is 2.79 bits per heavy atom. The average molecular weight is 421 g/mol. The smallest absolute Gasteiger partial charge is 0.274 e. The number of aromatic nitrogens is 1. The highest BCUT2D eigenvalue weighted by atomic mass is 35.5. The molecule has 2 amide bonds. The van der Waals surface area contributed by atoms with Crippen LogP contribution < -0.4 is 5.32 Å². The number of carbonyl (C=O) groups excluding carboxylic acids is 2. The zero-order valence-corrected chi connectivity index (χ0v) is 16.8. The molecule has 0 spiro atoms. The highest BCUT2D eigenvalue weighted by Gasteiger charge is 2.37. The van der Waals surface area contributed by atoms with Crippen molar-refractivity contribution in [1.29, 1.82) is 0 Å². The number of hydrogen-bond donors (Lipinski definition) is 1. The van der Waals surface area contributed by atoms with Gasteiger partial charge in [0.25, 0.3) is 5.91 Å². The number of rotatable bonds is 4. The first-order chi connectivity index (χ1) is 13.6. The highest BCUT2D eigenvalue weighted by Crippen LogP contribution is 2.28. The second-order valence-corrected chi connectivity index (χ2v) is 8.00. The molecule has 1 N–H and O–H groups in total. The molecule has 1 unspecified atom stereocenters. The Morgan fingerprint density at radius 1 is 1.21 bits per heavy atom. The van der Waals surface area contributed by atoms with Crippen molar-refractivity contribution in [2.24, 2.45) is 0 Å². The van der Waals surface area contributed by atoms with Gasteiger partial charge in [-0.25, -0.2) is 4.98 Å². The molecule has 3 heterocycles. The van der Waals surface area contributed by atoms with Gasteiger partial charge in [0.15, 0.2) is 5.13 Å². The van der Waals surface area contributed by atoms with E-state index < -0.39 is 6.04 Å². The van der Waals surface area contributed by atoms with E-state index in [2.05, 4.69) is 10.3 Å². The van der Waals surface area contributed by atoms with Crippen molar-refractivity contribution >= 4 is 45.6 Å². The molecule has 1 aromatic heterocycles. The van der Waals surface area contributed by atoms with Crippen molar-refractivity contribution in [3.05, 3.63) is 40.4 Å². The summed E-state index contributed by atoms with van der Waals surface area (Å²) in [5.41, 5.74) is 1.08. The molecule has 4 rings (SSSR count). The number of anilines is 2. The average Bonchev–Trinajstić information content (AvgIpc) is 3.39. The van der Waals surface area contributed by atoms with Gasteiger partial charge in [-0.15, -0.1) is 11.3 Å². The summed E-state index contributed by atoms with van der Waals surface area (Å²) in [6.07, 6.45) is 1.51. The monoisotopic (exact) mass is 420 g/mol. The number of hydrogen-bond acceptors (Lipinski definition) is 6. The van der Waals surface area contributed by atoms with Gasteiger partial charge in [-0.1, -0.05) is 23.7 Å². The molecule has 9 heteroatoms. The van der Waals surface area contributed by atoms with Crippen LogP contribution in [-0.4, -0.2) is 65.5 Å². The molecule has 7 nitrogen and oxygen atoms in total. The number of benzene rings is 1. The molecule has 2 saturated heterocycles. The van der Waals surface area contributed by atoms with E-state index in [1.807, 2.05) is 18.2 Å². The van der Waals surface area contributed by atoms with Gasteiger partial charge >= 0.3 is 0 Å². The second-order valence-electron chi connectivity index (χ2n) is 6.74. The summed E-state index contributed by atoms with van der Waals surface area (Å²) in [7, 11) is 0. The predicted molar refractivity (Wildman–Crippen MR) is 108 cm³/mol. The Morgan fingerprint density at radius 2 is 2.00 bits per heavy atom. The maximum atomic E-state index is 13.0. The van der Waals surface area contributed by atoms with Crippen molar-refractivity contribution in [1.82, 2.24) is 14.8 Å². The first-order valence-corrected chi connectivity index (χ1v) is 10.5. The SMILES string of the molecule is O=C(C1CCCN1C(=O)c1csc(Nc2ccccc2Cl)n1)N1CCOCC1. The van der Waals surface area contributed by atoms with Crippen molar-refractivity contribution in [3.63, 3.8) is 0 Å². The number of amides is 2. The molecular formula is C19H21ClN4O3S. The minimum atomic E-state index is -0.410. The molecule has 0 saturated carbocycles. The molecule has 0 bridgehead atoms. The number of carbonyl (C=O) groups is 2. The first-order valence-electron chi connectivity index (χ1n) is 9.28. The minimum absolute atomic E-state index is 0.0128. The number of morpholine rings is 1. The van der Waals surface area contributed by atoms with Crippen LogP contribution in [0.2, 0.25) is 5.02 Å². The van der Waals surface area contributed by atoms with Crippen LogP contribution in [0, 0.1) is 0 Å². The fourth-order valence-corrected chi connectivity index (χ4v) is 4.40. The first kappa shape index (κ1) is 19.2. The summed E-state index contributed by atoms with van der Waals surface area (Å²) in [4.78, 5) is 33.7. The zero-order valence-electron chi connectivity index (χ0n) is 15.3. The number of para-hydroxylation sites is 1. The van der Waals surface area contributed by atoms with E-state index in [9.17, 15) is 9.59 Å². The standard InChI is InChI=1S/C19H21ClN4O3S/c20-13-4-1-2-5-14(13)21-19-22-15(12-28-19)17(25)24-7-3-6-16(24)18(26)23-8-10-27-11-9-23/h1-2,4-5,12,16H,3,6-11H2,(H,21,22). The molecule has 0 radical (unpaired) electrons. The van der Waals surface area contributed by atoms with E-state index in [0.29, 0.717) is 55.1 Å². The van der Waals surface area contributed by atoms with E-state index in [1.165, 1.54) is 11.3 Å². The molecular weight excluding hydrogens is 400 g/mol. The van der Waals surface area contributed by atoms with Crippen LogP contribution in [0.1, 0.15) is 23.3 Å². The Labute approximate surface area is 172 Å². The summed E-state index contributed by atoms with van der Waals surface area (Å²) >= 11 is 7.50. The van der Waals surface area contributed by atoms with Crippen LogP contribution in [-0.2, 0) is 9.53 Å². The molecule has 148 valence electrons. The number of thiazole rings is 1. The number of likely N-dealkylation sites (tertiary alicyclic amines) is 1. The third kappa shape index (κ3) is 3.99. The second kappa shape index (κ2) is 8.46. The number of nitrogens with zero attached hydrogens (tertiary/aromatic N) is 3. The third-order valence-corrected chi connectivity index (χ3v) is 6.05. The summed E-state index contributed by atoms with van der Waals surface area (Å²) in [6, 6.07) is 6.95. The molecule has 28 heavy (non-hydrogen) atoms. The van der Waals surface area contributed by atoms with Gasteiger partial charge < -0.3 is 19.9 Å². The fraction of sp³-hybridized carbons (Fsp3) is 0.421. The van der Waals surface area contributed by atoms with Gasteiger partial charge in [0, 0.05) is 25.0 Å². The van der Waals surface area contributed by atoms with Gasteiger partial charge in [-0.3, -0.25) is 9.59 Å². The van der Waals surface area contributed by atoms with Crippen LogP contribution in [0.15, 0.2) is 29.6 Å². The summed E-state index contributed by atoms with van der Waals surface area (Å²) in [6.45, 7) is 2.84. The van der Waals surface area contributed by atoms with E-state index in [0.717, 1.165) is 12.1 Å². The minimum Gasteiger partial charge on any atom is -0.378 e. The van der Waals surface area contributed by atoms with Gasteiger partial charge in [-0.05, 0) is 25.0 Å². The zero-order chi connectivity index (χ0) is 19.5. The number of halogens is 1. The van der Waals surface area contributed by atoms with E-state index >= 15 is 0 Å². The Kier molecular flexibility index (Phi) is 5.79. The van der Waals surface area contributed by atoms with Crippen molar-refractivity contribution in [3.8, 4) is 0 Å². The molecule has 2 fully saturated rings. The van der Waals surface area contributed by atoms with Gasteiger partial charge in [0.1, 0.15) is 11.7 Å². The van der Waals surface area contributed by atoms with Crippen molar-refractivity contribution < 1.29 is 14.3 Å². The van der Waals surface area contributed by atoms with E-state index in [4.69, 9.17) is 16.3 Å². The lowest BCUT2D eigenvalue weighted by atomic mass is 10.1. The lowest BCUT2D eigenvalue weighted by Gasteiger charge is -2.32. The molecule has 2 aliphatic heterocycles. The van der Waals surface area contributed by atoms with Gasteiger partial charge in [-0.2, -0.15) is 0 Å². The number of ether oxygens (including phenoxy) is 1. The van der Waals surface area contributed by atoms with Crippen LogP contribution >= 0.6 is 22.9 Å². The molecule has 1 aromatic carbocycles. The van der Waals surface area contributed by atoms with Crippen molar-refractivity contribution in [2.45, 2.75) is 18.9 Å². The maximum Gasteiger partial charge on any atom is 0.274 e. The lowest BCUT2D eigenvalue weighted by Crippen LogP contribution is -2.51. The maximum absolute atomic E-state index is 13.0. The molecule has 0 aliphatic carbocycles. The van der Waals surface area contributed by atoms with E-state index in [-0.39, 0.29) is 11.8 Å². The Bertz CT molecular complexity index is 868. The molecule has 1 atom stereocenters. The topological polar surface area (TPSA) is 74.8 Å². The predicted octanol–water partition coefficient (Wildman–Crippen LogP) is 3.00. The molecule has 2 aliphatic rings. The van der Waals surface area contributed by atoms with Crippen LogP contribution in [0.25, 0.3) is 0 Å². The largest absolute Gasteiger partial charge is 0.378 e. The Hall–Kier alpha value is -2.16. The molecule has 2 aromatic rings. The summed E-state index contributed by atoms with van der Waals surface area (Å²) in [5.74, 6) is -0.189. The summed E-state index contributed by atoms with van der Waals surface area (Å²) < 4.78 is 5.32. The third-order valence-electron chi connectivity index (χ3n) is 4.96. The van der Waals surface area contributed by atoms with Gasteiger partial charge in [0.05, 0.1) is 23.9 Å². The number of nitrogens with one attached hydrogen (secondary N) is 1. The van der Waals surface area contributed by atoms with E-state index in [1.54, 1.807) is 21.2 Å². The fourth-order valence-electron chi connectivity index (χ4n) is 3.52. The van der Waals surface area contributed by atoms with Gasteiger partial charge in [0.2, 0.25) is 5.91 Å². The quantitative estimate of drug-likeness (QED) is 0.822. The summed E-state index contributed by atoms with van der Waals surface area (Å²) in [5, 5.41) is 6.03. The Balaban J connectivity index is 1.45. The van der Waals surface area contributed by atoms with Crippen molar-refractivity contribution in [2.75, 3.05) is 38.2 Å². The normalized spacial score (nSPS) is 19.7. The van der Waals surface area contributed by atoms with Crippen LogP contribution in [0.5, 0.6) is 0 Å². The van der Waals surface area contributed by atoms with Crippen LogP contribution in [0.3, 0.4) is 0 Å².